The third-order valence-electron chi connectivity index (χ3n) is 2.82. The molecule has 0 saturated carbocycles. The summed E-state index contributed by atoms with van der Waals surface area (Å²) >= 11 is 6.17. The molecule has 0 radical (unpaired) electrons. The van der Waals surface area contributed by atoms with Crippen molar-refractivity contribution in [2.45, 2.75) is 26.4 Å². The van der Waals surface area contributed by atoms with E-state index in [0.717, 1.165) is 36.6 Å². The van der Waals surface area contributed by atoms with E-state index in [1.54, 1.807) is 6.20 Å². The maximum atomic E-state index is 6.17. The zero-order valence-electron chi connectivity index (χ0n) is 10.6. The van der Waals surface area contributed by atoms with E-state index in [2.05, 4.69) is 22.5 Å². The van der Waals surface area contributed by atoms with Gasteiger partial charge >= 0.3 is 0 Å². The minimum absolute atomic E-state index is 0.818. The van der Waals surface area contributed by atoms with Crippen molar-refractivity contribution < 1.29 is 0 Å². The fraction of sp³-hybridized carbons (Fsp3) is 0.357. The van der Waals surface area contributed by atoms with Crippen LogP contribution in [0.3, 0.4) is 0 Å². The SMILES string of the molecule is Cc1ccc(CNCCCn2cccn2)c(Cl)c1. The van der Waals surface area contributed by atoms with Gasteiger partial charge in [0.25, 0.3) is 0 Å². The number of hydrogen-bond donors (Lipinski definition) is 1. The molecular weight excluding hydrogens is 246 g/mol. The lowest BCUT2D eigenvalue weighted by atomic mass is 10.1. The van der Waals surface area contributed by atoms with Crippen molar-refractivity contribution in [3.8, 4) is 0 Å². The highest BCUT2D eigenvalue weighted by Crippen LogP contribution is 2.17. The Hall–Kier alpha value is -1.32. The Balaban J connectivity index is 1.69. The van der Waals surface area contributed by atoms with Crippen LogP contribution in [-0.2, 0) is 13.1 Å². The summed E-state index contributed by atoms with van der Waals surface area (Å²) in [5.41, 5.74) is 2.35. The van der Waals surface area contributed by atoms with Crippen molar-refractivity contribution in [1.29, 1.82) is 0 Å². The molecule has 0 unspecified atom stereocenters. The van der Waals surface area contributed by atoms with Crippen molar-refractivity contribution in [1.82, 2.24) is 15.1 Å². The molecule has 1 aromatic heterocycles. The lowest BCUT2D eigenvalue weighted by molar-refractivity contribution is 0.543. The maximum Gasteiger partial charge on any atom is 0.0489 e. The minimum atomic E-state index is 0.818. The van der Waals surface area contributed by atoms with Crippen LogP contribution in [0, 0.1) is 6.92 Å². The number of nitrogens with one attached hydrogen (secondary N) is 1. The van der Waals surface area contributed by atoms with E-state index in [4.69, 9.17) is 11.6 Å². The third kappa shape index (κ3) is 3.86. The average molecular weight is 264 g/mol. The number of hydrogen-bond acceptors (Lipinski definition) is 2. The van der Waals surface area contributed by atoms with Gasteiger partial charge in [0.15, 0.2) is 0 Å². The summed E-state index contributed by atoms with van der Waals surface area (Å²) < 4.78 is 1.94. The molecule has 0 aliphatic rings. The topological polar surface area (TPSA) is 29.9 Å². The highest BCUT2D eigenvalue weighted by atomic mass is 35.5. The fourth-order valence-electron chi connectivity index (χ4n) is 1.82. The van der Waals surface area contributed by atoms with Crippen LogP contribution in [0.1, 0.15) is 17.5 Å². The van der Waals surface area contributed by atoms with Crippen LogP contribution in [0.25, 0.3) is 0 Å². The van der Waals surface area contributed by atoms with Crippen molar-refractivity contribution in [2.24, 2.45) is 0 Å². The molecule has 0 amide bonds. The van der Waals surface area contributed by atoms with Crippen LogP contribution in [0.5, 0.6) is 0 Å². The lowest BCUT2D eigenvalue weighted by Gasteiger charge is -2.07. The molecule has 0 fully saturated rings. The van der Waals surface area contributed by atoms with Gasteiger partial charge < -0.3 is 5.32 Å². The van der Waals surface area contributed by atoms with Gasteiger partial charge in [0.1, 0.15) is 0 Å². The van der Waals surface area contributed by atoms with Crippen molar-refractivity contribution in [3.63, 3.8) is 0 Å². The molecule has 3 nitrogen and oxygen atoms in total. The Labute approximate surface area is 113 Å². The standard InChI is InChI=1S/C14H18ClN3/c1-12-4-5-13(14(15)10-12)11-16-6-2-8-18-9-3-7-17-18/h3-5,7,9-10,16H,2,6,8,11H2,1H3. The van der Waals surface area contributed by atoms with Gasteiger partial charge in [0.2, 0.25) is 0 Å². The van der Waals surface area contributed by atoms with Crippen LogP contribution in [-0.4, -0.2) is 16.3 Å². The lowest BCUT2D eigenvalue weighted by Crippen LogP contribution is -2.16. The summed E-state index contributed by atoms with van der Waals surface area (Å²) in [6, 6.07) is 8.12. The summed E-state index contributed by atoms with van der Waals surface area (Å²) in [6.07, 6.45) is 4.85. The summed E-state index contributed by atoms with van der Waals surface area (Å²) in [7, 11) is 0. The van der Waals surface area contributed by atoms with Gasteiger partial charge in [-0.05, 0) is 43.1 Å². The molecule has 0 aliphatic carbocycles. The first kappa shape index (κ1) is 13.1. The van der Waals surface area contributed by atoms with E-state index in [1.165, 1.54) is 5.56 Å². The molecule has 0 spiro atoms. The molecule has 4 heteroatoms. The zero-order chi connectivity index (χ0) is 12.8. The van der Waals surface area contributed by atoms with E-state index in [9.17, 15) is 0 Å². The Morgan fingerprint density at radius 1 is 1.39 bits per heavy atom. The van der Waals surface area contributed by atoms with Crippen molar-refractivity contribution in [2.75, 3.05) is 6.54 Å². The molecule has 1 aromatic carbocycles. The molecular formula is C14H18ClN3. The van der Waals surface area contributed by atoms with Crippen LogP contribution >= 0.6 is 11.6 Å². The molecule has 2 aromatic rings. The van der Waals surface area contributed by atoms with Gasteiger partial charge in [0.05, 0.1) is 0 Å². The zero-order valence-corrected chi connectivity index (χ0v) is 11.3. The third-order valence-corrected chi connectivity index (χ3v) is 3.18. The fourth-order valence-corrected chi connectivity index (χ4v) is 2.12. The normalized spacial score (nSPS) is 10.8. The van der Waals surface area contributed by atoms with E-state index in [-0.39, 0.29) is 0 Å². The van der Waals surface area contributed by atoms with Crippen LogP contribution in [0.4, 0.5) is 0 Å². The second kappa shape index (κ2) is 6.57. The van der Waals surface area contributed by atoms with E-state index < -0.39 is 0 Å². The van der Waals surface area contributed by atoms with Gasteiger partial charge in [-0.2, -0.15) is 5.10 Å². The highest BCUT2D eigenvalue weighted by molar-refractivity contribution is 6.31. The first-order chi connectivity index (χ1) is 8.75. The predicted molar refractivity (Wildman–Crippen MR) is 74.7 cm³/mol. The quantitative estimate of drug-likeness (QED) is 0.812. The summed E-state index contributed by atoms with van der Waals surface area (Å²) in [5, 5.41) is 8.40. The molecule has 1 N–H and O–H groups in total. The number of rotatable bonds is 6. The average Bonchev–Trinajstić information content (AvgIpc) is 2.84. The van der Waals surface area contributed by atoms with Gasteiger partial charge in [-0.1, -0.05) is 23.7 Å². The Bertz CT molecular complexity index is 480. The maximum absolute atomic E-state index is 6.17. The summed E-state index contributed by atoms with van der Waals surface area (Å²) in [5.74, 6) is 0. The first-order valence-electron chi connectivity index (χ1n) is 6.19. The smallest absolute Gasteiger partial charge is 0.0489 e. The summed E-state index contributed by atoms with van der Waals surface area (Å²) in [4.78, 5) is 0. The number of benzene rings is 1. The number of nitrogens with zero attached hydrogens (tertiary/aromatic N) is 2. The van der Waals surface area contributed by atoms with Crippen molar-refractivity contribution in [3.05, 3.63) is 52.8 Å². The minimum Gasteiger partial charge on any atom is -0.313 e. The second-order valence-electron chi connectivity index (χ2n) is 4.39. The number of aromatic nitrogens is 2. The van der Waals surface area contributed by atoms with E-state index in [1.807, 2.05) is 29.9 Å². The van der Waals surface area contributed by atoms with Crippen LogP contribution in [0.15, 0.2) is 36.7 Å². The molecule has 0 saturated heterocycles. The van der Waals surface area contributed by atoms with Gasteiger partial charge in [-0.15, -0.1) is 0 Å². The van der Waals surface area contributed by atoms with Gasteiger partial charge in [-0.25, -0.2) is 0 Å². The highest BCUT2D eigenvalue weighted by Gasteiger charge is 1.99. The van der Waals surface area contributed by atoms with Crippen molar-refractivity contribution >= 4 is 11.6 Å². The second-order valence-corrected chi connectivity index (χ2v) is 4.80. The number of aryl methyl sites for hydroxylation is 2. The van der Waals surface area contributed by atoms with E-state index in [0.29, 0.717) is 0 Å². The van der Waals surface area contributed by atoms with Crippen LogP contribution < -0.4 is 5.32 Å². The molecule has 18 heavy (non-hydrogen) atoms. The number of halogens is 1. The monoisotopic (exact) mass is 263 g/mol. The molecule has 2 rings (SSSR count). The molecule has 1 heterocycles. The van der Waals surface area contributed by atoms with Gasteiger partial charge in [-0.3, -0.25) is 4.68 Å². The molecule has 0 bridgehead atoms. The summed E-state index contributed by atoms with van der Waals surface area (Å²) in [6.45, 7) is 4.77. The Morgan fingerprint density at radius 2 is 2.28 bits per heavy atom. The Morgan fingerprint density at radius 3 is 3.00 bits per heavy atom. The van der Waals surface area contributed by atoms with E-state index >= 15 is 0 Å². The largest absolute Gasteiger partial charge is 0.313 e. The molecule has 96 valence electrons. The first-order valence-corrected chi connectivity index (χ1v) is 6.56. The van der Waals surface area contributed by atoms with Gasteiger partial charge in [0, 0.05) is 30.5 Å². The molecule has 0 atom stereocenters. The molecule has 0 aliphatic heterocycles. The van der Waals surface area contributed by atoms with Crippen LogP contribution in [0.2, 0.25) is 5.02 Å². The predicted octanol–water partition coefficient (Wildman–Crippen LogP) is 3.02. The Kier molecular flexibility index (Phi) is 4.79.